The van der Waals surface area contributed by atoms with Crippen molar-refractivity contribution in [2.45, 2.75) is 30.1 Å². The molecule has 2 aromatic heterocycles. The van der Waals surface area contributed by atoms with Gasteiger partial charge in [-0.2, -0.15) is 0 Å². The largest absolute Gasteiger partial charge is 0.457 e. The zero-order valence-electron chi connectivity index (χ0n) is 65.3. The summed E-state index contributed by atoms with van der Waals surface area (Å²) in [4.78, 5) is 4.70. The number of fused-ring (bicyclic) bond motifs is 29. The molecule has 0 amide bonds. The number of hydrogen-bond acceptors (Lipinski definition) is 6. The number of para-hydroxylation sites is 6. The van der Waals surface area contributed by atoms with E-state index in [0.29, 0.717) is 0 Å². The zero-order chi connectivity index (χ0) is 78.7. The molecule has 6 nitrogen and oxygen atoms in total. The van der Waals surface area contributed by atoms with Crippen LogP contribution in [0.2, 0.25) is 0 Å². The number of furan rings is 2. The van der Waals surface area contributed by atoms with Crippen LogP contribution in [-0.2, 0) is 16.2 Å². The quantitative estimate of drug-likeness (QED) is 0.144. The second-order valence-corrected chi connectivity index (χ2v) is 32.4. The fraction of sp³-hybridized carbons (Fsp3) is 0.0442. The van der Waals surface area contributed by atoms with Gasteiger partial charge < -0.3 is 28.1 Å². The Kier molecular flexibility index (Phi) is 15.1. The average Bonchev–Trinajstić information content (AvgIpc) is 1.57. The van der Waals surface area contributed by atoms with E-state index in [0.717, 1.165) is 146 Å². The fourth-order valence-electron chi connectivity index (χ4n) is 20.7. The Morgan fingerprint density at radius 2 is 0.529 bits per heavy atom. The molecule has 0 unspecified atom stereocenters. The summed E-state index contributed by atoms with van der Waals surface area (Å²) in [5.74, 6) is 3.57. The molecule has 560 valence electrons. The third-order valence-corrected chi connectivity index (χ3v) is 25.9. The molecule has 4 heterocycles. The lowest BCUT2D eigenvalue weighted by molar-refractivity contribution is 0.436. The van der Waals surface area contributed by atoms with Crippen molar-refractivity contribution in [2.24, 2.45) is 0 Å². The number of rotatable bonds is 9. The molecule has 119 heavy (non-hydrogen) atoms. The number of ether oxygens (including phenoxy) is 2. The average molecular weight is 1520 g/mol. The van der Waals surface area contributed by atoms with Gasteiger partial charge in [0, 0.05) is 83.3 Å². The summed E-state index contributed by atoms with van der Waals surface area (Å²) < 4.78 is 26.8. The van der Waals surface area contributed by atoms with Crippen molar-refractivity contribution in [3.05, 3.63) is 468 Å². The van der Waals surface area contributed by atoms with Crippen LogP contribution in [0.1, 0.15) is 69.5 Å². The van der Waals surface area contributed by atoms with Gasteiger partial charge in [-0.25, -0.2) is 0 Å². The molecule has 5 aliphatic rings. The van der Waals surface area contributed by atoms with E-state index in [1.54, 1.807) is 0 Å². The highest BCUT2D eigenvalue weighted by Gasteiger charge is 2.54. The highest BCUT2D eigenvalue weighted by Crippen LogP contribution is 2.66. The van der Waals surface area contributed by atoms with Gasteiger partial charge in [0.15, 0.2) is 0 Å². The van der Waals surface area contributed by atoms with Crippen LogP contribution >= 0.6 is 0 Å². The third-order valence-electron chi connectivity index (χ3n) is 25.9. The van der Waals surface area contributed by atoms with Gasteiger partial charge in [0.2, 0.25) is 0 Å². The molecule has 6 heteroatoms. The number of hydrogen-bond donors (Lipinski definition) is 0. The maximum Gasteiger partial charge on any atom is 0.136 e. The van der Waals surface area contributed by atoms with Gasteiger partial charge >= 0.3 is 0 Å². The molecule has 0 N–H and O–H groups in total. The maximum absolute atomic E-state index is 6.84. The van der Waals surface area contributed by atoms with Crippen molar-refractivity contribution in [1.29, 1.82) is 0 Å². The lowest BCUT2D eigenvalue weighted by Crippen LogP contribution is -2.32. The predicted molar refractivity (Wildman–Crippen MR) is 485 cm³/mol. The SMILES string of the molecule is CC1(C)c2ccccc2-c2ccc(N(c3ccccc3)c3cccc(-c4ccc5c(c4)oc4ccc6c(c45)-c4ccccc4C64c5ccccc5Oc5ccccc54)c3)cc21.c1ccc(-c2ccc(N(c3ccccc3)c3cccc(-c4ccc5c(c4)oc4ccc6c(c45)-c4ccccc4C64c5ccccc5Oc5ccccc54)c3)cc2)cc1. The number of nitrogens with zero attached hydrogens (tertiary/aromatic N) is 2. The minimum absolute atomic E-state index is 0.100. The Labute approximate surface area is 689 Å². The van der Waals surface area contributed by atoms with Crippen LogP contribution in [0.3, 0.4) is 0 Å². The second kappa shape index (κ2) is 26.4. The Hall–Kier alpha value is -15.2. The zero-order valence-corrected chi connectivity index (χ0v) is 65.3. The van der Waals surface area contributed by atoms with Crippen molar-refractivity contribution < 1.29 is 18.3 Å². The summed E-state index contributed by atoms with van der Waals surface area (Å²) in [7, 11) is 0. The topological polar surface area (TPSA) is 51.2 Å². The van der Waals surface area contributed by atoms with Crippen molar-refractivity contribution >= 4 is 78.0 Å². The summed E-state index contributed by atoms with van der Waals surface area (Å²) in [6.45, 7) is 4.69. The predicted octanol–water partition coefficient (Wildman–Crippen LogP) is 30.4. The minimum Gasteiger partial charge on any atom is -0.457 e. The van der Waals surface area contributed by atoms with E-state index in [-0.39, 0.29) is 5.41 Å². The molecule has 0 bridgehead atoms. The van der Waals surface area contributed by atoms with Gasteiger partial charge in [-0.05, 0) is 234 Å². The molecule has 2 spiro atoms. The first-order valence-electron chi connectivity index (χ1n) is 41.0. The van der Waals surface area contributed by atoms with E-state index in [1.165, 1.54) is 77.9 Å². The van der Waals surface area contributed by atoms with Crippen molar-refractivity contribution in [1.82, 2.24) is 0 Å². The smallest absolute Gasteiger partial charge is 0.136 e. The second-order valence-electron chi connectivity index (χ2n) is 32.4. The Morgan fingerprint density at radius 3 is 1.00 bits per heavy atom. The van der Waals surface area contributed by atoms with E-state index >= 15 is 0 Å². The van der Waals surface area contributed by atoms with E-state index in [2.05, 4.69) is 436 Å². The van der Waals surface area contributed by atoms with Crippen LogP contribution in [0.5, 0.6) is 23.0 Å². The lowest BCUT2D eigenvalue weighted by atomic mass is 9.66. The first kappa shape index (κ1) is 68.2. The summed E-state index contributed by atoms with van der Waals surface area (Å²) in [6.07, 6.45) is 0. The molecule has 25 rings (SSSR count). The van der Waals surface area contributed by atoms with Crippen molar-refractivity contribution in [2.75, 3.05) is 9.80 Å². The molecule has 0 fully saturated rings. The molecule has 0 saturated heterocycles. The van der Waals surface area contributed by atoms with Gasteiger partial charge in [-0.15, -0.1) is 0 Å². The Bertz CT molecular complexity index is 7450. The fourth-order valence-corrected chi connectivity index (χ4v) is 20.7. The first-order chi connectivity index (χ1) is 58.7. The monoisotopic (exact) mass is 1520 g/mol. The van der Waals surface area contributed by atoms with Crippen LogP contribution in [-0.4, -0.2) is 0 Å². The van der Waals surface area contributed by atoms with Crippen LogP contribution in [0.15, 0.2) is 421 Å². The summed E-state index contributed by atoms with van der Waals surface area (Å²) in [5, 5.41) is 4.51. The van der Waals surface area contributed by atoms with E-state index in [1.807, 2.05) is 0 Å². The molecule has 18 aromatic carbocycles. The molecule has 20 aromatic rings. The van der Waals surface area contributed by atoms with Crippen molar-refractivity contribution in [3.8, 4) is 89.8 Å². The van der Waals surface area contributed by atoms with Gasteiger partial charge in [0.1, 0.15) is 45.3 Å². The third kappa shape index (κ3) is 10.1. The molecule has 0 saturated carbocycles. The van der Waals surface area contributed by atoms with Crippen LogP contribution in [0, 0.1) is 0 Å². The Morgan fingerprint density at radius 1 is 0.202 bits per heavy atom. The summed E-state index contributed by atoms with van der Waals surface area (Å²) >= 11 is 0. The highest BCUT2D eigenvalue weighted by atomic mass is 16.5. The number of benzene rings is 18. The molecular weight excluding hydrogens is 1450 g/mol. The molecule has 3 aliphatic carbocycles. The van der Waals surface area contributed by atoms with Crippen LogP contribution < -0.4 is 19.3 Å². The van der Waals surface area contributed by atoms with E-state index < -0.39 is 10.8 Å². The molecule has 0 atom stereocenters. The standard InChI is InChI=1S/C58H39NO2.C55H35NO2/c1-57(2)45-21-8-6-19-41(45)42-30-28-40(35-50(42)57)59(38-16-4-3-5-17-38)39-18-14-15-36(33-39)37-27-29-44-54(34-37)61-53-32-31-49-55(56(44)53)43-20-7-9-22-46(43)58(49)47-23-10-12-25-51(47)60-52-26-13-11-24-48(52)58;1-3-14-36(15-4-1)37-26-29-41(30-27-37)56(40-17-5-2-6-18-40)42-19-13-16-38(34-42)39-28-31-44-52(35-39)58-51-33-32-48-53(54(44)51)43-20-7-8-21-45(43)55(48)46-22-9-11-24-49(46)57-50-25-12-10-23-47(50)55/h3-35H,1-2H3;1-35H. The van der Waals surface area contributed by atoms with E-state index in [4.69, 9.17) is 18.3 Å². The molecule has 2 aliphatic heterocycles. The summed E-state index contributed by atoms with van der Waals surface area (Å²) in [5.41, 5.74) is 35.8. The van der Waals surface area contributed by atoms with Crippen LogP contribution in [0.4, 0.5) is 34.1 Å². The maximum atomic E-state index is 6.84. The van der Waals surface area contributed by atoms with Gasteiger partial charge in [-0.1, -0.05) is 293 Å². The van der Waals surface area contributed by atoms with Gasteiger partial charge in [-0.3, -0.25) is 0 Å². The highest BCUT2D eigenvalue weighted by molar-refractivity contribution is 6.18. The van der Waals surface area contributed by atoms with Crippen molar-refractivity contribution in [3.63, 3.8) is 0 Å². The lowest BCUT2D eigenvalue weighted by Gasteiger charge is -2.39. The van der Waals surface area contributed by atoms with E-state index in [9.17, 15) is 0 Å². The summed E-state index contributed by atoms with van der Waals surface area (Å²) in [6, 6.07) is 148. The van der Waals surface area contributed by atoms with Gasteiger partial charge in [0.25, 0.3) is 0 Å². The number of anilines is 6. The Balaban J connectivity index is 0.000000136. The molecule has 0 radical (unpaired) electrons. The first-order valence-corrected chi connectivity index (χ1v) is 41.0. The normalized spacial score (nSPS) is 13.8. The molecular formula is C113H74N2O4. The minimum atomic E-state index is -0.529. The van der Waals surface area contributed by atoms with Crippen LogP contribution in [0.25, 0.3) is 111 Å². The van der Waals surface area contributed by atoms with Gasteiger partial charge in [0.05, 0.1) is 10.8 Å².